The van der Waals surface area contributed by atoms with Crippen molar-refractivity contribution in [2.75, 3.05) is 24.5 Å². The Bertz CT molecular complexity index is 490. The minimum absolute atomic E-state index is 0.403. The minimum atomic E-state index is -4.30. The normalized spacial score (nSPS) is 23.4. The number of halogens is 4. The highest BCUT2D eigenvalue weighted by atomic mass is 79.9. The molecule has 2 unspecified atom stereocenters. The fraction of sp³-hybridized carbons (Fsp3) is 0.600. The second-order valence-corrected chi connectivity index (χ2v) is 6.39. The maximum atomic E-state index is 12.9. The molecule has 1 heterocycles. The predicted octanol–water partition coefficient (Wildman–Crippen LogP) is 4.29. The molecular formula is C15H20BrF3N2. The van der Waals surface area contributed by atoms with E-state index >= 15 is 0 Å². The van der Waals surface area contributed by atoms with E-state index in [1.165, 1.54) is 12.1 Å². The van der Waals surface area contributed by atoms with Gasteiger partial charge >= 0.3 is 6.18 Å². The smallest absolute Gasteiger partial charge is 0.370 e. The molecule has 2 rings (SSSR count). The van der Waals surface area contributed by atoms with E-state index in [1.807, 2.05) is 4.90 Å². The van der Waals surface area contributed by atoms with Gasteiger partial charge in [-0.25, -0.2) is 0 Å². The third-order valence-electron chi connectivity index (χ3n) is 3.99. The van der Waals surface area contributed by atoms with Gasteiger partial charge in [0, 0.05) is 23.6 Å². The van der Waals surface area contributed by atoms with E-state index in [-0.39, 0.29) is 0 Å². The Balaban J connectivity index is 2.19. The zero-order chi connectivity index (χ0) is 15.6. The van der Waals surface area contributed by atoms with Gasteiger partial charge in [0.1, 0.15) is 0 Å². The molecule has 0 saturated carbocycles. The SMILES string of the molecule is CCNC1CCN(c2cc(C(F)(F)F)ccc2Br)CC1C. The summed E-state index contributed by atoms with van der Waals surface area (Å²) in [5.41, 5.74) is 0.0359. The lowest BCUT2D eigenvalue weighted by Gasteiger charge is -2.39. The van der Waals surface area contributed by atoms with E-state index in [2.05, 4.69) is 35.1 Å². The molecule has 1 fully saturated rings. The monoisotopic (exact) mass is 364 g/mol. The molecule has 1 aromatic rings. The Morgan fingerprint density at radius 2 is 2.10 bits per heavy atom. The van der Waals surface area contributed by atoms with Crippen LogP contribution in [-0.2, 0) is 6.18 Å². The van der Waals surface area contributed by atoms with Crippen LogP contribution in [0.5, 0.6) is 0 Å². The van der Waals surface area contributed by atoms with Crippen molar-refractivity contribution in [2.24, 2.45) is 5.92 Å². The Morgan fingerprint density at radius 3 is 2.67 bits per heavy atom. The number of hydrogen-bond acceptors (Lipinski definition) is 2. The summed E-state index contributed by atoms with van der Waals surface area (Å²) in [6, 6.07) is 4.28. The molecule has 0 spiro atoms. The summed E-state index contributed by atoms with van der Waals surface area (Å²) >= 11 is 3.37. The molecule has 0 bridgehead atoms. The first kappa shape index (κ1) is 16.6. The molecule has 0 amide bonds. The molecular weight excluding hydrogens is 345 g/mol. The summed E-state index contributed by atoms with van der Waals surface area (Å²) in [5, 5.41) is 3.44. The second kappa shape index (κ2) is 6.57. The van der Waals surface area contributed by atoms with Gasteiger partial charge in [-0.3, -0.25) is 0 Å². The average Bonchev–Trinajstić information content (AvgIpc) is 2.40. The highest BCUT2D eigenvalue weighted by Crippen LogP contribution is 2.36. The van der Waals surface area contributed by atoms with Crippen LogP contribution >= 0.6 is 15.9 Å². The summed E-state index contributed by atoms with van der Waals surface area (Å²) in [6.45, 7) is 6.66. The van der Waals surface area contributed by atoms with Crippen LogP contribution in [0, 0.1) is 5.92 Å². The molecule has 2 atom stereocenters. The Hall–Kier alpha value is -0.750. The van der Waals surface area contributed by atoms with E-state index < -0.39 is 11.7 Å². The predicted molar refractivity (Wildman–Crippen MR) is 82.6 cm³/mol. The lowest BCUT2D eigenvalue weighted by Crippen LogP contribution is -2.48. The molecule has 1 saturated heterocycles. The maximum Gasteiger partial charge on any atom is 0.416 e. The van der Waals surface area contributed by atoms with Crippen LogP contribution in [0.15, 0.2) is 22.7 Å². The first-order chi connectivity index (χ1) is 9.82. The number of hydrogen-bond donors (Lipinski definition) is 1. The van der Waals surface area contributed by atoms with Gasteiger partial charge in [-0.05, 0) is 53.0 Å². The molecule has 0 aromatic heterocycles. The quantitative estimate of drug-likeness (QED) is 0.860. The van der Waals surface area contributed by atoms with E-state index in [9.17, 15) is 13.2 Å². The molecule has 2 nitrogen and oxygen atoms in total. The molecule has 0 radical (unpaired) electrons. The van der Waals surface area contributed by atoms with Crippen molar-refractivity contribution in [1.29, 1.82) is 0 Å². The van der Waals surface area contributed by atoms with Crippen molar-refractivity contribution in [2.45, 2.75) is 32.5 Å². The van der Waals surface area contributed by atoms with Crippen molar-refractivity contribution in [1.82, 2.24) is 5.32 Å². The Labute approximate surface area is 131 Å². The Kier molecular flexibility index (Phi) is 5.20. The summed E-state index contributed by atoms with van der Waals surface area (Å²) in [5.74, 6) is 0.403. The molecule has 1 N–H and O–H groups in total. The summed E-state index contributed by atoms with van der Waals surface area (Å²) in [4.78, 5) is 2.04. The van der Waals surface area contributed by atoms with E-state index in [1.54, 1.807) is 0 Å². The van der Waals surface area contributed by atoms with Gasteiger partial charge in [-0.2, -0.15) is 13.2 Å². The lowest BCUT2D eigenvalue weighted by molar-refractivity contribution is -0.137. The van der Waals surface area contributed by atoms with Gasteiger partial charge in [-0.1, -0.05) is 13.8 Å². The Morgan fingerprint density at radius 1 is 1.38 bits per heavy atom. The van der Waals surface area contributed by atoms with E-state index in [0.717, 1.165) is 32.1 Å². The largest absolute Gasteiger partial charge is 0.416 e. The number of benzene rings is 1. The third-order valence-corrected chi connectivity index (χ3v) is 4.66. The topological polar surface area (TPSA) is 15.3 Å². The number of piperidine rings is 1. The molecule has 6 heteroatoms. The fourth-order valence-corrected chi connectivity index (χ4v) is 3.36. The van der Waals surface area contributed by atoms with Gasteiger partial charge in [0.15, 0.2) is 0 Å². The fourth-order valence-electron chi connectivity index (χ4n) is 2.86. The first-order valence-corrected chi connectivity index (χ1v) is 7.97. The van der Waals surface area contributed by atoms with E-state index in [0.29, 0.717) is 22.1 Å². The first-order valence-electron chi connectivity index (χ1n) is 7.18. The number of nitrogens with one attached hydrogen (secondary N) is 1. The van der Waals surface area contributed by atoms with Gasteiger partial charge in [0.2, 0.25) is 0 Å². The van der Waals surface area contributed by atoms with Gasteiger partial charge < -0.3 is 10.2 Å². The molecule has 21 heavy (non-hydrogen) atoms. The second-order valence-electron chi connectivity index (χ2n) is 5.54. The van der Waals surface area contributed by atoms with Crippen LogP contribution in [0.3, 0.4) is 0 Å². The zero-order valence-corrected chi connectivity index (χ0v) is 13.8. The third kappa shape index (κ3) is 3.92. The highest BCUT2D eigenvalue weighted by Gasteiger charge is 2.32. The molecule has 1 aliphatic rings. The van der Waals surface area contributed by atoms with E-state index in [4.69, 9.17) is 0 Å². The molecule has 1 aromatic carbocycles. The number of rotatable bonds is 3. The van der Waals surface area contributed by atoms with Crippen LogP contribution in [0.4, 0.5) is 18.9 Å². The van der Waals surface area contributed by atoms with Crippen LogP contribution in [0.25, 0.3) is 0 Å². The summed E-state index contributed by atoms with van der Waals surface area (Å²) in [7, 11) is 0. The van der Waals surface area contributed by atoms with Crippen molar-refractivity contribution in [3.05, 3.63) is 28.2 Å². The summed E-state index contributed by atoms with van der Waals surface area (Å²) in [6.07, 6.45) is -3.36. The van der Waals surface area contributed by atoms with Crippen LogP contribution < -0.4 is 10.2 Å². The molecule has 118 valence electrons. The van der Waals surface area contributed by atoms with Gasteiger partial charge in [0.05, 0.1) is 11.3 Å². The standard InChI is InChI=1S/C15H20BrF3N2/c1-3-20-13-6-7-21(9-10(13)2)14-8-11(15(17,18)19)4-5-12(14)16/h4-5,8,10,13,20H,3,6-7,9H2,1-2H3. The number of alkyl halides is 3. The van der Waals surface area contributed by atoms with Gasteiger partial charge in [-0.15, -0.1) is 0 Å². The lowest BCUT2D eigenvalue weighted by atomic mass is 9.93. The van der Waals surface area contributed by atoms with Crippen LogP contribution in [0.1, 0.15) is 25.8 Å². The number of nitrogens with zero attached hydrogens (tertiary/aromatic N) is 1. The van der Waals surface area contributed by atoms with Crippen molar-refractivity contribution >= 4 is 21.6 Å². The maximum absolute atomic E-state index is 12.9. The highest BCUT2D eigenvalue weighted by molar-refractivity contribution is 9.10. The van der Waals surface area contributed by atoms with Crippen LogP contribution in [-0.4, -0.2) is 25.7 Å². The van der Waals surface area contributed by atoms with Crippen molar-refractivity contribution < 1.29 is 13.2 Å². The van der Waals surface area contributed by atoms with Gasteiger partial charge in [0.25, 0.3) is 0 Å². The molecule has 0 aliphatic carbocycles. The van der Waals surface area contributed by atoms with Crippen LogP contribution in [0.2, 0.25) is 0 Å². The molecule has 1 aliphatic heterocycles. The van der Waals surface area contributed by atoms with Crippen molar-refractivity contribution in [3.63, 3.8) is 0 Å². The zero-order valence-electron chi connectivity index (χ0n) is 12.2. The number of anilines is 1. The summed E-state index contributed by atoms with van der Waals surface area (Å²) < 4.78 is 39.3. The minimum Gasteiger partial charge on any atom is -0.370 e. The average molecular weight is 365 g/mol. The van der Waals surface area contributed by atoms with Crippen molar-refractivity contribution in [3.8, 4) is 0 Å².